The Labute approximate surface area is 130 Å². The molecule has 3 rings (SSSR count). The minimum Gasteiger partial charge on any atom is -0.294 e. The molecule has 0 spiro atoms. The third kappa shape index (κ3) is 2.37. The first-order chi connectivity index (χ1) is 10.4. The van der Waals surface area contributed by atoms with Gasteiger partial charge in [0.15, 0.2) is 5.78 Å². The third-order valence-electron chi connectivity index (χ3n) is 3.39. The van der Waals surface area contributed by atoms with E-state index in [-0.39, 0.29) is 16.9 Å². The number of halogens is 3. The summed E-state index contributed by atoms with van der Waals surface area (Å²) in [5.41, 5.74) is 1.35. The number of Topliss-reactive ketones (excluding diaryl/α,β-unsaturated/α-hetero) is 1. The van der Waals surface area contributed by atoms with Gasteiger partial charge in [0.05, 0.1) is 5.02 Å². The van der Waals surface area contributed by atoms with E-state index in [0.717, 1.165) is 6.07 Å². The van der Waals surface area contributed by atoms with E-state index >= 15 is 0 Å². The van der Waals surface area contributed by atoms with Crippen molar-refractivity contribution < 1.29 is 13.6 Å². The van der Waals surface area contributed by atoms with E-state index in [9.17, 15) is 13.6 Å². The molecule has 0 saturated carbocycles. The Kier molecular flexibility index (Phi) is 3.45. The number of aromatic nitrogens is 2. The van der Waals surface area contributed by atoms with Crippen LogP contribution in [-0.2, 0) is 7.05 Å². The molecule has 112 valence electrons. The van der Waals surface area contributed by atoms with E-state index in [4.69, 9.17) is 11.6 Å². The molecule has 0 aliphatic heterocycles. The summed E-state index contributed by atoms with van der Waals surface area (Å²) >= 11 is 6.19. The van der Waals surface area contributed by atoms with Crippen molar-refractivity contribution in [1.82, 2.24) is 9.78 Å². The molecule has 0 amide bonds. The second-order valence-electron chi connectivity index (χ2n) is 5.06. The Morgan fingerprint density at radius 3 is 2.41 bits per heavy atom. The van der Waals surface area contributed by atoms with E-state index in [1.807, 2.05) is 0 Å². The molecular weight excluding hydrogens is 310 g/mol. The number of aryl methyl sites for hydroxylation is 1. The van der Waals surface area contributed by atoms with Crippen LogP contribution in [0, 0.1) is 11.6 Å². The smallest absolute Gasteiger partial charge is 0.160 e. The fourth-order valence-corrected chi connectivity index (χ4v) is 2.77. The van der Waals surface area contributed by atoms with Gasteiger partial charge in [0.25, 0.3) is 0 Å². The van der Waals surface area contributed by atoms with E-state index in [1.54, 1.807) is 17.9 Å². The van der Waals surface area contributed by atoms with Gasteiger partial charge >= 0.3 is 0 Å². The van der Waals surface area contributed by atoms with Gasteiger partial charge in [-0.2, -0.15) is 5.10 Å². The predicted molar refractivity (Wildman–Crippen MR) is 81.1 cm³/mol. The zero-order valence-corrected chi connectivity index (χ0v) is 12.6. The molecule has 3 nitrogen and oxygen atoms in total. The van der Waals surface area contributed by atoms with Crippen molar-refractivity contribution in [3.05, 3.63) is 52.7 Å². The topological polar surface area (TPSA) is 34.9 Å². The average molecular weight is 321 g/mol. The van der Waals surface area contributed by atoms with Crippen molar-refractivity contribution in [2.75, 3.05) is 0 Å². The maximum atomic E-state index is 13.6. The number of benzene rings is 2. The van der Waals surface area contributed by atoms with Crippen molar-refractivity contribution in [2.45, 2.75) is 6.92 Å². The number of hydrogen-bond donors (Lipinski definition) is 0. The van der Waals surface area contributed by atoms with Crippen LogP contribution in [-0.4, -0.2) is 15.6 Å². The van der Waals surface area contributed by atoms with Gasteiger partial charge in [-0.25, -0.2) is 8.78 Å². The molecule has 0 aliphatic carbocycles. The number of hydrogen-bond acceptors (Lipinski definition) is 2. The molecule has 22 heavy (non-hydrogen) atoms. The molecule has 0 fully saturated rings. The van der Waals surface area contributed by atoms with Gasteiger partial charge < -0.3 is 0 Å². The normalized spacial score (nSPS) is 11.1. The molecule has 0 bridgehead atoms. The van der Waals surface area contributed by atoms with Gasteiger partial charge in [0.1, 0.15) is 17.2 Å². The van der Waals surface area contributed by atoms with Crippen molar-refractivity contribution in [1.29, 1.82) is 0 Å². The molecule has 0 N–H and O–H groups in total. The van der Waals surface area contributed by atoms with E-state index in [0.29, 0.717) is 21.5 Å². The summed E-state index contributed by atoms with van der Waals surface area (Å²) in [5.74, 6) is -1.69. The Bertz CT molecular complexity index is 898. The molecule has 0 radical (unpaired) electrons. The Morgan fingerprint density at radius 1 is 1.18 bits per heavy atom. The first-order valence-corrected chi connectivity index (χ1v) is 6.88. The minimum atomic E-state index is -0.719. The Hall–Kier alpha value is -2.27. The van der Waals surface area contributed by atoms with Crippen LogP contribution in [0.2, 0.25) is 5.02 Å². The summed E-state index contributed by atoms with van der Waals surface area (Å²) in [5, 5.41) is 5.28. The Balaban J connectivity index is 2.47. The molecule has 0 saturated heterocycles. The predicted octanol–water partition coefficient (Wildman–Crippen LogP) is 4.37. The first-order valence-electron chi connectivity index (χ1n) is 6.50. The number of carbonyl (C=O) groups excluding carboxylic acids is 1. The molecule has 1 aromatic heterocycles. The summed E-state index contributed by atoms with van der Waals surface area (Å²) in [6.07, 6.45) is 1.70. The number of carbonyl (C=O) groups is 1. The average Bonchev–Trinajstić information content (AvgIpc) is 2.79. The molecular formula is C16H11ClF2N2O. The highest BCUT2D eigenvalue weighted by Crippen LogP contribution is 2.36. The van der Waals surface area contributed by atoms with Gasteiger partial charge in [-0.3, -0.25) is 9.48 Å². The van der Waals surface area contributed by atoms with Crippen molar-refractivity contribution in [2.24, 2.45) is 7.05 Å². The summed E-state index contributed by atoms with van der Waals surface area (Å²) < 4.78 is 28.7. The van der Waals surface area contributed by atoms with Crippen LogP contribution in [0.15, 0.2) is 30.5 Å². The number of nitrogens with zero attached hydrogens (tertiary/aromatic N) is 2. The van der Waals surface area contributed by atoms with Crippen LogP contribution >= 0.6 is 11.6 Å². The van der Waals surface area contributed by atoms with Crippen LogP contribution in [0.25, 0.3) is 22.0 Å². The number of fused-ring (bicyclic) bond motifs is 1. The quantitative estimate of drug-likeness (QED) is 0.657. The standard InChI is InChI=1S/C16H11ClF2N2O/c1-8(22)12-6-14(17)13-7-21(2)20-16(13)15(12)9-3-10(18)5-11(19)4-9/h3-7H,1-2H3. The third-order valence-corrected chi connectivity index (χ3v) is 3.71. The van der Waals surface area contributed by atoms with Gasteiger partial charge in [-0.15, -0.1) is 0 Å². The van der Waals surface area contributed by atoms with Crippen LogP contribution in [0.5, 0.6) is 0 Å². The highest BCUT2D eigenvalue weighted by Gasteiger charge is 2.19. The zero-order valence-electron chi connectivity index (χ0n) is 11.8. The fourth-order valence-electron chi connectivity index (χ4n) is 2.52. The molecule has 6 heteroatoms. The maximum Gasteiger partial charge on any atom is 0.160 e. The van der Waals surface area contributed by atoms with Gasteiger partial charge in [-0.1, -0.05) is 11.6 Å². The maximum absolute atomic E-state index is 13.6. The molecule has 3 aromatic rings. The molecule has 0 aliphatic rings. The number of ketones is 1. The van der Waals surface area contributed by atoms with Crippen LogP contribution in [0.3, 0.4) is 0 Å². The zero-order chi connectivity index (χ0) is 16.0. The lowest BCUT2D eigenvalue weighted by molar-refractivity contribution is 0.101. The van der Waals surface area contributed by atoms with Crippen molar-refractivity contribution in [3.8, 4) is 11.1 Å². The lowest BCUT2D eigenvalue weighted by atomic mass is 9.95. The highest BCUT2D eigenvalue weighted by molar-refractivity contribution is 6.36. The first kappa shape index (κ1) is 14.7. The second-order valence-corrected chi connectivity index (χ2v) is 5.47. The van der Waals surface area contributed by atoms with Crippen molar-refractivity contribution >= 4 is 28.3 Å². The molecule has 1 heterocycles. The molecule has 0 unspecified atom stereocenters. The summed E-state index contributed by atoms with van der Waals surface area (Å²) in [4.78, 5) is 11.9. The van der Waals surface area contributed by atoms with E-state index in [1.165, 1.54) is 25.1 Å². The van der Waals surface area contributed by atoms with Crippen LogP contribution in [0.4, 0.5) is 8.78 Å². The largest absolute Gasteiger partial charge is 0.294 e. The number of rotatable bonds is 2. The highest BCUT2D eigenvalue weighted by atomic mass is 35.5. The summed E-state index contributed by atoms with van der Waals surface area (Å²) in [7, 11) is 1.71. The van der Waals surface area contributed by atoms with Gasteiger partial charge in [0, 0.05) is 35.8 Å². The minimum absolute atomic E-state index is 0.253. The summed E-state index contributed by atoms with van der Waals surface area (Å²) in [6.45, 7) is 1.37. The lowest BCUT2D eigenvalue weighted by Crippen LogP contribution is -1.99. The fraction of sp³-hybridized carbons (Fsp3) is 0.125. The second kappa shape index (κ2) is 5.18. The molecule has 2 aromatic carbocycles. The Morgan fingerprint density at radius 2 is 1.82 bits per heavy atom. The van der Waals surface area contributed by atoms with Crippen molar-refractivity contribution in [3.63, 3.8) is 0 Å². The SMILES string of the molecule is CC(=O)c1cc(Cl)c2cn(C)nc2c1-c1cc(F)cc(F)c1. The van der Waals surface area contributed by atoms with Gasteiger partial charge in [-0.05, 0) is 30.7 Å². The van der Waals surface area contributed by atoms with Crippen LogP contribution in [0.1, 0.15) is 17.3 Å². The van der Waals surface area contributed by atoms with E-state index in [2.05, 4.69) is 5.10 Å². The van der Waals surface area contributed by atoms with E-state index < -0.39 is 11.6 Å². The molecule has 0 atom stereocenters. The van der Waals surface area contributed by atoms with Crippen LogP contribution < -0.4 is 0 Å². The summed E-state index contributed by atoms with van der Waals surface area (Å²) in [6, 6.07) is 4.63. The monoisotopic (exact) mass is 320 g/mol. The van der Waals surface area contributed by atoms with Gasteiger partial charge in [0.2, 0.25) is 0 Å². The lowest BCUT2D eigenvalue weighted by Gasteiger charge is -2.10.